The molecule has 1 aromatic carbocycles. The van der Waals surface area contributed by atoms with Gasteiger partial charge in [0.15, 0.2) is 5.11 Å². The summed E-state index contributed by atoms with van der Waals surface area (Å²) < 4.78 is 12.9. The standard InChI is InChI=1S/C26H24ClN5O2S/c1-33-15-16-34-22-11-10-18(17-19(22)27)32-25(24(30-26(32)35)20-7-2-4-12-28-20)21-8-6-14-31(21)23-9-3-5-13-29-23/h2-14,17,24-25H,15-16H2,1H3,(H,30,35)/t24-,25-/m1/s1. The lowest BCUT2D eigenvalue weighted by Gasteiger charge is -2.29. The fourth-order valence-electron chi connectivity index (χ4n) is 4.27. The van der Waals surface area contributed by atoms with Crippen molar-refractivity contribution in [3.8, 4) is 11.6 Å². The van der Waals surface area contributed by atoms with Crippen molar-refractivity contribution in [2.24, 2.45) is 0 Å². The van der Waals surface area contributed by atoms with E-state index in [9.17, 15) is 0 Å². The van der Waals surface area contributed by atoms with Gasteiger partial charge in [-0.05, 0) is 66.8 Å². The van der Waals surface area contributed by atoms with Gasteiger partial charge in [0, 0.05) is 37.1 Å². The maximum absolute atomic E-state index is 6.60. The molecular weight excluding hydrogens is 482 g/mol. The zero-order valence-corrected chi connectivity index (χ0v) is 20.6. The molecule has 1 N–H and O–H groups in total. The van der Waals surface area contributed by atoms with Gasteiger partial charge >= 0.3 is 0 Å². The van der Waals surface area contributed by atoms with Crippen molar-refractivity contribution in [3.05, 3.63) is 102 Å². The number of aromatic nitrogens is 3. The molecule has 1 aliphatic rings. The third-order valence-electron chi connectivity index (χ3n) is 5.82. The Morgan fingerprint density at radius 3 is 2.54 bits per heavy atom. The van der Waals surface area contributed by atoms with E-state index in [-0.39, 0.29) is 12.1 Å². The Hall–Kier alpha value is -3.46. The van der Waals surface area contributed by atoms with Crippen molar-refractivity contribution in [2.75, 3.05) is 25.2 Å². The number of methoxy groups -OCH3 is 1. The van der Waals surface area contributed by atoms with Crippen LogP contribution in [0.5, 0.6) is 5.75 Å². The van der Waals surface area contributed by atoms with Crippen LogP contribution in [0.15, 0.2) is 85.3 Å². The Kier molecular flexibility index (Phi) is 6.94. The zero-order valence-electron chi connectivity index (χ0n) is 19.0. The second-order valence-electron chi connectivity index (χ2n) is 7.94. The molecule has 1 saturated heterocycles. The molecule has 9 heteroatoms. The minimum absolute atomic E-state index is 0.183. The van der Waals surface area contributed by atoms with Crippen molar-refractivity contribution in [1.82, 2.24) is 19.9 Å². The van der Waals surface area contributed by atoms with Crippen LogP contribution in [-0.2, 0) is 4.74 Å². The van der Waals surface area contributed by atoms with Crippen molar-refractivity contribution >= 4 is 34.6 Å². The highest BCUT2D eigenvalue weighted by Gasteiger charge is 2.42. The molecule has 35 heavy (non-hydrogen) atoms. The summed E-state index contributed by atoms with van der Waals surface area (Å²) in [6.07, 6.45) is 5.58. The minimum atomic E-state index is -0.203. The van der Waals surface area contributed by atoms with Gasteiger partial charge in [0.25, 0.3) is 0 Å². The first-order valence-corrected chi connectivity index (χ1v) is 12.0. The Balaban J connectivity index is 1.58. The molecule has 4 heterocycles. The van der Waals surface area contributed by atoms with Crippen molar-refractivity contribution in [2.45, 2.75) is 12.1 Å². The van der Waals surface area contributed by atoms with E-state index >= 15 is 0 Å². The maximum Gasteiger partial charge on any atom is 0.174 e. The fourth-order valence-corrected chi connectivity index (χ4v) is 4.84. The van der Waals surface area contributed by atoms with E-state index in [1.165, 1.54) is 0 Å². The lowest BCUT2D eigenvalue weighted by molar-refractivity contribution is 0.146. The van der Waals surface area contributed by atoms with Gasteiger partial charge in [0.2, 0.25) is 0 Å². The molecule has 0 unspecified atom stereocenters. The summed E-state index contributed by atoms with van der Waals surface area (Å²) in [6, 6.07) is 21.2. The monoisotopic (exact) mass is 505 g/mol. The molecule has 0 spiro atoms. The van der Waals surface area contributed by atoms with Gasteiger partial charge in [0.05, 0.1) is 23.4 Å². The van der Waals surface area contributed by atoms with Crippen LogP contribution < -0.4 is 15.0 Å². The quantitative estimate of drug-likeness (QED) is 0.263. The lowest BCUT2D eigenvalue weighted by Crippen LogP contribution is -2.30. The van der Waals surface area contributed by atoms with Gasteiger partial charge in [-0.15, -0.1) is 0 Å². The Morgan fingerprint density at radius 2 is 1.83 bits per heavy atom. The molecule has 0 aliphatic carbocycles. The summed E-state index contributed by atoms with van der Waals surface area (Å²) in [7, 11) is 1.63. The number of ether oxygens (including phenoxy) is 2. The van der Waals surface area contributed by atoms with E-state index in [0.717, 1.165) is 22.9 Å². The number of halogens is 1. The van der Waals surface area contributed by atoms with Gasteiger partial charge in [-0.2, -0.15) is 0 Å². The molecule has 0 bridgehead atoms. The van der Waals surface area contributed by atoms with Crippen LogP contribution in [0.2, 0.25) is 5.02 Å². The zero-order chi connectivity index (χ0) is 24.2. The number of benzene rings is 1. The predicted molar refractivity (Wildman–Crippen MR) is 140 cm³/mol. The predicted octanol–water partition coefficient (Wildman–Crippen LogP) is 5.12. The summed E-state index contributed by atoms with van der Waals surface area (Å²) in [5.74, 6) is 1.42. The summed E-state index contributed by atoms with van der Waals surface area (Å²) >= 11 is 12.4. The molecule has 178 valence electrons. The SMILES string of the molecule is COCCOc1ccc(N2C(=S)N[C@H](c3ccccn3)[C@H]2c2cccn2-c2ccccn2)cc1Cl. The average Bonchev–Trinajstić information content (AvgIpc) is 3.50. The lowest BCUT2D eigenvalue weighted by atomic mass is 10.0. The number of rotatable bonds is 8. The van der Waals surface area contributed by atoms with E-state index < -0.39 is 0 Å². The largest absolute Gasteiger partial charge is 0.490 e. The van der Waals surface area contributed by atoms with Gasteiger partial charge in [-0.1, -0.05) is 23.7 Å². The van der Waals surface area contributed by atoms with Gasteiger partial charge in [-0.3, -0.25) is 4.98 Å². The van der Waals surface area contributed by atoms with Gasteiger partial charge in [-0.25, -0.2) is 4.98 Å². The molecular formula is C26H24ClN5O2S. The van der Waals surface area contributed by atoms with Gasteiger partial charge < -0.3 is 24.3 Å². The highest BCUT2D eigenvalue weighted by atomic mass is 35.5. The Labute approximate surface area is 214 Å². The molecule has 7 nitrogen and oxygen atoms in total. The molecule has 0 amide bonds. The topological polar surface area (TPSA) is 64.4 Å². The Morgan fingerprint density at radius 1 is 1.00 bits per heavy atom. The first-order chi connectivity index (χ1) is 17.2. The second-order valence-corrected chi connectivity index (χ2v) is 8.74. The first kappa shape index (κ1) is 23.3. The number of pyridine rings is 2. The summed E-state index contributed by atoms with van der Waals surface area (Å²) in [5, 5.41) is 4.57. The van der Waals surface area contributed by atoms with Crippen molar-refractivity contribution in [1.29, 1.82) is 0 Å². The molecule has 5 rings (SSSR count). The van der Waals surface area contributed by atoms with E-state index in [1.807, 2.05) is 66.9 Å². The molecule has 2 atom stereocenters. The number of nitrogens with zero attached hydrogens (tertiary/aromatic N) is 4. The van der Waals surface area contributed by atoms with Crippen molar-refractivity contribution < 1.29 is 9.47 Å². The normalized spacial score (nSPS) is 17.4. The van der Waals surface area contributed by atoms with E-state index in [2.05, 4.69) is 30.8 Å². The molecule has 4 aromatic rings. The van der Waals surface area contributed by atoms with Crippen LogP contribution in [0.25, 0.3) is 5.82 Å². The summed E-state index contributed by atoms with van der Waals surface area (Å²) in [6.45, 7) is 0.901. The number of hydrogen-bond donors (Lipinski definition) is 1. The van der Waals surface area contributed by atoms with E-state index in [0.29, 0.717) is 29.1 Å². The molecule has 0 saturated carbocycles. The number of thiocarbonyl (C=S) groups is 1. The smallest absolute Gasteiger partial charge is 0.174 e. The van der Waals surface area contributed by atoms with Crippen LogP contribution in [0.4, 0.5) is 5.69 Å². The number of hydrogen-bond acceptors (Lipinski definition) is 5. The van der Waals surface area contributed by atoms with Gasteiger partial charge in [0.1, 0.15) is 24.2 Å². The molecule has 0 radical (unpaired) electrons. The second kappa shape index (κ2) is 10.4. The third-order valence-corrected chi connectivity index (χ3v) is 6.43. The van der Waals surface area contributed by atoms with E-state index in [1.54, 1.807) is 19.5 Å². The van der Waals surface area contributed by atoms with Crippen LogP contribution in [0.3, 0.4) is 0 Å². The van der Waals surface area contributed by atoms with Crippen molar-refractivity contribution in [3.63, 3.8) is 0 Å². The summed E-state index contributed by atoms with van der Waals surface area (Å²) in [4.78, 5) is 11.3. The average molecular weight is 506 g/mol. The first-order valence-electron chi connectivity index (χ1n) is 11.2. The van der Waals surface area contributed by atoms with Crippen LogP contribution >= 0.6 is 23.8 Å². The highest BCUT2D eigenvalue weighted by Crippen LogP contribution is 2.43. The molecule has 3 aromatic heterocycles. The number of anilines is 1. The minimum Gasteiger partial charge on any atom is -0.490 e. The Bertz CT molecular complexity index is 1300. The maximum atomic E-state index is 6.60. The number of nitrogens with one attached hydrogen (secondary N) is 1. The summed E-state index contributed by atoms with van der Waals surface area (Å²) in [5.41, 5.74) is 2.76. The van der Waals surface area contributed by atoms with Crippen LogP contribution in [-0.4, -0.2) is 40.0 Å². The molecule has 1 aliphatic heterocycles. The van der Waals surface area contributed by atoms with Crippen LogP contribution in [0, 0.1) is 0 Å². The third kappa shape index (κ3) is 4.73. The highest BCUT2D eigenvalue weighted by molar-refractivity contribution is 7.80. The van der Waals surface area contributed by atoms with Crippen LogP contribution in [0.1, 0.15) is 23.5 Å². The van der Waals surface area contributed by atoms with E-state index in [4.69, 9.17) is 33.3 Å². The molecule has 1 fully saturated rings. The fraction of sp³-hybridized carbons (Fsp3) is 0.192.